The minimum atomic E-state index is -3.72. The van der Waals surface area contributed by atoms with E-state index in [4.69, 9.17) is 0 Å². The van der Waals surface area contributed by atoms with Crippen LogP contribution in [0, 0.1) is 0 Å². The molecule has 4 nitrogen and oxygen atoms in total. The van der Waals surface area contributed by atoms with Crippen molar-refractivity contribution < 1.29 is 18.6 Å². The van der Waals surface area contributed by atoms with E-state index in [0.717, 1.165) is 22.3 Å². The van der Waals surface area contributed by atoms with Gasteiger partial charge in [-0.1, -0.05) is 53.7 Å². The van der Waals surface area contributed by atoms with Crippen LogP contribution in [-0.2, 0) is 33.9 Å². The second kappa shape index (κ2) is 7.38. The van der Waals surface area contributed by atoms with Crippen molar-refractivity contribution >= 4 is 9.84 Å². The Morgan fingerprint density at radius 1 is 0.704 bits per heavy atom. The SMILES string of the molecule is CC(C)(C)c1cc(S(=O)(=O)c2ccc(CO)c(C(C)(C)C)c2)ccc1CO. The molecule has 0 amide bonds. The van der Waals surface area contributed by atoms with Crippen molar-refractivity contribution in [3.63, 3.8) is 0 Å². The number of benzene rings is 2. The lowest BCUT2D eigenvalue weighted by Gasteiger charge is -2.24. The van der Waals surface area contributed by atoms with Gasteiger partial charge in [0.15, 0.2) is 0 Å². The molecule has 0 heterocycles. The van der Waals surface area contributed by atoms with Gasteiger partial charge in [-0.2, -0.15) is 0 Å². The number of hydrogen-bond acceptors (Lipinski definition) is 4. The summed E-state index contributed by atoms with van der Waals surface area (Å²) in [6.07, 6.45) is 0. The van der Waals surface area contributed by atoms with Gasteiger partial charge in [-0.15, -0.1) is 0 Å². The number of sulfone groups is 1. The van der Waals surface area contributed by atoms with E-state index in [-0.39, 0.29) is 33.8 Å². The molecule has 0 aliphatic heterocycles. The van der Waals surface area contributed by atoms with E-state index in [9.17, 15) is 18.6 Å². The molecule has 2 aromatic rings. The lowest BCUT2D eigenvalue weighted by molar-refractivity contribution is 0.278. The van der Waals surface area contributed by atoms with Gasteiger partial charge in [0.2, 0.25) is 9.84 Å². The molecule has 5 heteroatoms. The van der Waals surface area contributed by atoms with Gasteiger partial charge in [-0.25, -0.2) is 8.42 Å². The van der Waals surface area contributed by atoms with Crippen LogP contribution in [0.15, 0.2) is 46.2 Å². The molecule has 0 saturated carbocycles. The predicted octanol–water partition coefficient (Wildman–Crippen LogP) is 4.10. The van der Waals surface area contributed by atoms with Crippen molar-refractivity contribution in [2.45, 2.75) is 75.4 Å². The van der Waals surface area contributed by atoms with Gasteiger partial charge in [0, 0.05) is 0 Å². The molecule has 0 aliphatic carbocycles. The third-order valence-corrected chi connectivity index (χ3v) is 6.49. The Kier molecular flexibility index (Phi) is 5.91. The lowest BCUT2D eigenvalue weighted by Crippen LogP contribution is -2.17. The third kappa shape index (κ3) is 4.42. The highest BCUT2D eigenvalue weighted by Gasteiger charge is 2.26. The molecule has 27 heavy (non-hydrogen) atoms. The zero-order valence-electron chi connectivity index (χ0n) is 17.0. The van der Waals surface area contributed by atoms with Crippen LogP contribution in [0.5, 0.6) is 0 Å². The number of aliphatic hydroxyl groups is 2. The highest BCUT2D eigenvalue weighted by Crippen LogP contribution is 2.33. The van der Waals surface area contributed by atoms with Crippen molar-refractivity contribution in [2.75, 3.05) is 0 Å². The Morgan fingerprint density at radius 3 is 1.30 bits per heavy atom. The number of hydrogen-bond donors (Lipinski definition) is 2. The van der Waals surface area contributed by atoms with Gasteiger partial charge in [0.05, 0.1) is 23.0 Å². The van der Waals surface area contributed by atoms with E-state index in [1.54, 1.807) is 36.4 Å². The van der Waals surface area contributed by atoms with E-state index in [0.29, 0.717) is 0 Å². The van der Waals surface area contributed by atoms with Gasteiger partial charge >= 0.3 is 0 Å². The zero-order chi connectivity index (χ0) is 20.6. The molecule has 0 aromatic heterocycles. The van der Waals surface area contributed by atoms with Crippen LogP contribution in [0.2, 0.25) is 0 Å². The fourth-order valence-corrected chi connectivity index (χ4v) is 4.57. The maximum absolute atomic E-state index is 13.3. The Hall–Kier alpha value is -1.69. The Bertz CT molecular complexity index is 858. The highest BCUT2D eigenvalue weighted by atomic mass is 32.2. The first-order valence-electron chi connectivity index (χ1n) is 9.06. The summed E-state index contributed by atoms with van der Waals surface area (Å²) in [5.74, 6) is 0. The molecule has 0 aliphatic rings. The Balaban J connectivity index is 2.67. The topological polar surface area (TPSA) is 74.6 Å². The molecular weight excluding hydrogens is 360 g/mol. The molecule has 0 fully saturated rings. The minimum absolute atomic E-state index is 0.133. The van der Waals surface area contributed by atoms with Gasteiger partial charge < -0.3 is 10.2 Å². The quantitative estimate of drug-likeness (QED) is 0.824. The monoisotopic (exact) mass is 390 g/mol. The maximum atomic E-state index is 13.3. The molecule has 0 bridgehead atoms. The summed E-state index contributed by atoms with van der Waals surface area (Å²) in [5.41, 5.74) is 2.50. The van der Waals surface area contributed by atoms with Crippen LogP contribution in [-0.4, -0.2) is 18.6 Å². The van der Waals surface area contributed by atoms with Gasteiger partial charge in [-0.05, 0) is 57.3 Å². The molecule has 2 rings (SSSR count). The summed E-state index contributed by atoms with van der Waals surface area (Å²) < 4.78 is 26.5. The van der Waals surface area contributed by atoms with E-state index in [2.05, 4.69) is 0 Å². The Morgan fingerprint density at radius 2 is 1.04 bits per heavy atom. The fraction of sp³-hybridized carbons (Fsp3) is 0.455. The average molecular weight is 391 g/mol. The summed E-state index contributed by atoms with van der Waals surface area (Å²) in [7, 11) is -3.72. The molecule has 0 saturated heterocycles. The van der Waals surface area contributed by atoms with Crippen molar-refractivity contribution in [3.05, 3.63) is 58.7 Å². The first kappa shape index (κ1) is 21.6. The molecule has 0 spiro atoms. The minimum Gasteiger partial charge on any atom is -0.392 e. The molecular formula is C22H30O4S. The largest absolute Gasteiger partial charge is 0.392 e. The van der Waals surface area contributed by atoms with E-state index in [1.807, 2.05) is 41.5 Å². The summed E-state index contributed by atoms with van der Waals surface area (Å²) in [5, 5.41) is 19.2. The van der Waals surface area contributed by atoms with Gasteiger partial charge in [-0.3, -0.25) is 0 Å². The van der Waals surface area contributed by atoms with Crippen LogP contribution >= 0.6 is 0 Å². The smallest absolute Gasteiger partial charge is 0.206 e. The van der Waals surface area contributed by atoms with Crippen molar-refractivity contribution in [2.24, 2.45) is 0 Å². The van der Waals surface area contributed by atoms with E-state index in [1.165, 1.54) is 0 Å². The van der Waals surface area contributed by atoms with Gasteiger partial charge in [0.1, 0.15) is 0 Å². The molecule has 148 valence electrons. The Labute approximate surface area is 162 Å². The first-order valence-corrected chi connectivity index (χ1v) is 10.5. The summed E-state index contributed by atoms with van der Waals surface area (Å²) >= 11 is 0. The zero-order valence-corrected chi connectivity index (χ0v) is 17.8. The molecule has 0 radical (unpaired) electrons. The van der Waals surface area contributed by atoms with Gasteiger partial charge in [0.25, 0.3) is 0 Å². The summed E-state index contributed by atoms with van der Waals surface area (Å²) in [6.45, 7) is 11.7. The van der Waals surface area contributed by atoms with Crippen LogP contribution in [0.4, 0.5) is 0 Å². The number of rotatable bonds is 4. The summed E-state index contributed by atoms with van der Waals surface area (Å²) in [6, 6.07) is 9.79. The standard InChI is InChI=1S/C22H30O4S/c1-21(2,3)19-11-17(9-7-15(19)13-23)27(25,26)18-10-8-16(14-24)20(12-18)22(4,5)6/h7-12,23-24H,13-14H2,1-6H3. The number of aliphatic hydroxyl groups excluding tert-OH is 2. The molecule has 0 atom stereocenters. The lowest BCUT2D eigenvalue weighted by atomic mass is 9.84. The highest BCUT2D eigenvalue weighted by molar-refractivity contribution is 7.91. The summed E-state index contributed by atoms with van der Waals surface area (Å²) in [4.78, 5) is 0.419. The predicted molar refractivity (Wildman–Crippen MR) is 108 cm³/mol. The van der Waals surface area contributed by atoms with Crippen LogP contribution in [0.1, 0.15) is 63.8 Å². The van der Waals surface area contributed by atoms with Crippen molar-refractivity contribution in [3.8, 4) is 0 Å². The second-order valence-electron chi connectivity index (χ2n) is 8.96. The third-order valence-electron chi connectivity index (χ3n) is 4.74. The molecule has 0 unspecified atom stereocenters. The fourth-order valence-electron chi connectivity index (χ4n) is 3.25. The normalized spacial score (nSPS) is 13.0. The van der Waals surface area contributed by atoms with Crippen LogP contribution in [0.25, 0.3) is 0 Å². The van der Waals surface area contributed by atoms with Crippen molar-refractivity contribution in [1.29, 1.82) is 0 Å². The van der Waals surface area contributed by atoms with E-state index >= 15 is 0 Å². The average Bonchev–Trinajstić information content (AvgIpc) is 2.58. The second-order valence-corrected chi connectivity index (χ2v) is 10.9. The maximum Gasteiger partial charge on any atom is 0.206 e. The van der Waals surface area contributed by atoms with Crippen LogP contribution < -0.4 is 0 Å². The first-order chi connectivity index (χ1) is 12.3. The van der Waals surface area contributed by atoms with Crippen molar-refractivity contribution in [1.82, 2.24) is 0 Å². The molecule has 2 N–H and O–H groups in total. The van der Waals surface area contributed by atoms with Crippen LogP contribution in [0.3, 0.4) is 0 Å². The van der Waals surface area contributed by atoms with E-state index < -0.39 is 9.84 Å². The molecule has 2 aromatic carbocycles.